The molecule has 0 bridgehead atoms. The molecule has 0 spiro atoms. The molecule has 0 aromatic heterocycles. The molecule has 0 N–H and O–H groups in total. The van der Waals surface area contributed by atoms with Gasteiger partial charge in [0.15, 0.2) is 5.41 Å². The van der Waals surface area contributed by atoms with Gasteiger partial charge in [-0.3, -0.25) is 0 Å². The van der Waals surface area contributed by atoms with Crippen LogP contribution in [0.2, 0.25) is 0 Å². The minimum absolute atomic E-state index is 0.569. The third-order valence-electron chi connectivity index (χ3n) is 1.34. The summed E-state index contributed by atoms with van der Waals surface area (Å²) in [6, 6.07) is 3.78. The Hall–Kier alpha value is -1.28. The summed E-state index contributed by atoms with van der Waals surface area (Å²) in [5, 5.41) is 16.6. The number of hydrogen-bond acceptors (Lipinski definition) is 2. The monoisotopic (exact) mass is 104 g/mol. The van der Waals surface area contributed by atoms with Gasteiger partial charge >= 0.3 is 0 Å². The average molecular weight is 104 g/mol. The van der Waals surface area contributed by atoms with Gasteiger partial charge in [-0.25, -0.2) is 0 Å². The molecule has 1 aliphatic rings. The van der Waals surface area contributed by atoms with E-state index in [2.05, 4.69) is 6.58 Å². The summed E-state index contributed by atoms with van der Waals surface area (Å²) in [6.07, 6.45) is 0.569. The van der Waals surface area contributed by atoms with Crippen LogP contribution in [0.5, 0.6) is 0 Å². The highest BCUT2D eigenvalue weighted by molar-refractivity contribution is 5.46. The smallest absolute Gasteiger partial charge is 0.168 e. The molecule has 0 atom stereocenters. The molecule has 0 saturated heterocycles. The lowest BCUT2D eigenvalue weighted by Crippen LogP contribution is -1.87. The number of nitriles is 2. The molecule has 38 valence electrons. The molecule has 1 aliphatic carbocycles. The van der Waals surface area contributed by atoms with Crippen LogP contribution in [0.1, 0.15) is 6.42 Å². The Kier molecular flexibility index (Phi) is 0.675. The van der Waals surface area contributed by atoms with Gasteiger partial charge in [0.05, 0.1) is 12.1 Å². The minimum Gasteiger partial charge on any atom is -0.196 e. The molecule has 0 amide bonds. The van der Waals surface area contributed by atoms with Gasteiger partial charge in [0.1, 0.15) is 0 Å². The molecule has 0 heterocycles. The van der Waals surface area contributed by atoms with Crippen LogP contribution in [0.15, 0.2) is 12.2 Å². The lowest BCUT2D eigenvalue weighted by Gasteiger charge is -1.80. The predicted octanol–water partition coefficient (Wildman–Crippen LogP) is 0.980. The third-order valence-corrected chi connectivity index (χ3v) is 1.34. The van der Waals surface area contributed by atoms with Crippen molar-refractivity contribution >= 4 is 0 Å². The molecule has 0 unspecified atom stereocenters. The van der Waals surface area contributed by atoms with Gasteiger partial charge < -0.3 is 0 Å². The molecule has 2 heteroatoms. The Morgan fingerprint density at radius 2 is 1.88 bits per heavy atom. The lowest BCUT2D eigenvalue weighted by atomic mass is 10.1. The third kappa shape index (κ3) is 0.347. The highest BCUT2D eigenvalue weighted by atomic mass is 14.5. The quantitative estimate of drug-likeness (QED) is 0.430. The fourth-order valence-electron chi connectivity index (χ4n) is 0.538. The highest BCUT2D eigenvalue weighted by Gasteiger charge is 2.48. The fraction of sp³-hybridized carbons (Fsp3) is 0.333. The van der Waals surface area contributed by atoms with Gasteiger partial charge in [-0.15, -0.1) is 0 Å². The van der Waals surface area contributed by atoms with Crippen molar-refractivity contribution in [2.45, 2.75) is 6.42 Å². The molecule has 8 heavy (non-hydrogen) atoms. The van der Waals surface area contributed by atoms with E-state index >= 15 is 0 Å². The van der Waals surface area contributed by atoms with Gasteiger partial charge in [0.2, 0.25) is 0 Å². The topological polar surface area (TPSA) is 47.6 Å². The van der Waals surface area contributed by atoms with Crippen molar-refractivity contribution < 1.29 is 0 Å². The summed E-state index contributed by atoms with van der Waals surface area (Å²) in [5.41, 5.74) is -0.0394. The predicted molar refractivity (Wildman–Crippen MR) is 27.4 cm³/mol. The summed E-state index contributed by atoms with van der Waals surface area (Å²) in [4.78, 5) is 0. The van der Waals surface area contributed by atoms with Crippen LogP contribution >= 0.6 is 0 Å². The van der Waals surface area contributed by atoms with Crippen LogP contribution in [-0.2, 0) is 0 Å². The minimum atomic E-state index is -0.792. The van der Waals surface area contributed by atoms with Crippen molar-refractivity contribution in [2.75, 3.05) is 0 Å². The van der Waals surface area contributed by atoms with Crippen molar-refractivity contribution in [3.8, 4) is 12.1 Å². The summed E-state index contributed by atoms with van der Waals surface area (Å²) in [7, 11) is 0. The van der Waals surface area contributed by atoms with Crippen molar-refractivity contribution in [1.29, 1.82) is 10.5 Å². The maximum absolute atomic E-state index is 8.29. The summed E-state index contributed by atoms with van der Waals surface area (Å²) >= 11 is 0. The second-order valence-corrected chi connectivity index (χ2v) is 1.91. The van der Waals surface area contributed by atoms with Gasteiger partial charge in [-0.05, 0) is 5.57 Å². The number of rotatable bonds is 0. The molecule has 1 fully saturated rings. The van der Waals surface area contributed by atoms with Crippen LogP contribution in [0.4, 0.5) is 0 Å². The first-order valence-corrected chi connectivity index (χ1v) is 2.26. The molecule has 2 nitrogen and oxygen atoms in total. The average Bonchev–Trinajstić information content (AvgIpc) is 2.43. The molecule has 0 aromatic rings. The van der Waals surface area contributed by atoms with Crippen molar-refractivity contribution in [3.63, 3.8) is 0 Å². The van der Waals surface area contributed by atoms with E-state index in [1.54, 1.807) is 0 Å². The Balaban J connectivity index is 2.89. The summed E-state index contributed by atoms with van der Waals surface area (Å²) in [6.45, 7) is 3.52. The largest absolute Gasteiger partial charge is 0.196 e. The maximum Gasteiger partial charge on any atom is 0.168 e. The van der Waals surface area contributed by atoms with E-state index in [4.69, 9.17) is 10.5 Å². The zero-order valence-electron chi connectivity index (χ0n) is 4.31. The van der Waals surface area contributed by atoms with Gasteiger partial charge in [0, 0.05) is 6.42 Å². The number of hydrogen-bond donors (Lipinski definition) is 0. The van der Waals surface area contributed by atoms with Gasteiger partial charge in [-0.1, -0.05) is 6.58 Å². The van der Waals surface area contributed by atoms with Crippen LogP contribution in [0.3, 0.4) is 0 Å². The molecule has 1 rings (SSSR count). The molecular weight excluding hydrogens is 100 g/mol. The zero-order chi connectivity index (χ0) is 6.20. The fourth-order valence-corrected chi connectivity index (χ4v) is 0.538. The SMILES string of the molecule is C=C1CC1(C#N)C#N. The van der Waals surface area contributed by atoms with E-state index in [9.17, 15) is 0 Å². The Bertz CT molecular complexity index is 200. The molecule has 0 aromatic carbocycles. The Morgan fingerprint density at radius 3 is 1.88 bits per heavy atom. The molecule has 0 aliphatic heterocycles. The summed E-state index contributed by atoms with van der Waals surface area (Å²) < 4.78 is 0. The summed E-state index contributed by atoms with van der Waals surface area (Å²) in [5.74, 6) is 0. The van der Waals surface area contributed by atoms with E-state index in [0.29, 0.717) is 6.42 Å². The Morgan fingerprint density at radius 1 is 1.50 bits per heavy atom. The van der Waals surface area contributed by atoms with E-state index < -0.39 is 5.41 Å². The zero-order valence-corrected chi connectivity index (χ0v) is 4.31. The van der Waals surface area contributed by atoms with E-state index in [0.717, 1.165) is 5.57 Å². The van der Waals surface area contributed by atoms with E-state index in [1.165, 1.54) is 0 Å². The van der Waals surface area contributed by atoms with Gasteiger partial charge in [-0.2, -0.15) is 10.5 Å². The first kappa shape index (κ1) is 4.87. The maximum atomic E-state index is 8.29. The second-order valence-electron chi connectivity index (χ2n) is 1.91. The first-order chi connectivity index (χ1) is 3.75. The van der Waals surface area contributed by atoms with Crippen LogP contribution in [-0.4, -0.2) is 0 Å². The molecule has 0 radical (unpaired) electrons. The van der Waals surface area contributed by atoms with Crippen molar-refractivity contribution in [2.24, 2.45) is 5.41 Å². The first-order valence-electron chi connectivity index (χ1n) is 2.26. The normalized spacial score (nSPS) is 21.0. The van der Waals surface area contributed by atoms with Crippen LogP contribution in [0.25, 0.3) is 0 Å². The highest BCUT2D eigenvalue weighted by Crippen LogP contribution is 2.49. The molecular formula is C6H4N2. The van der Waals surface area contributed by atoms with Crippen LogP contribution < -0.4 is 0 Å². The standard InChI is InChI=1S/C6H4N2/c1-5-2-6(5,3-7)4-8/h1-2H2. The van der Waals surface area contributed by atoms with E-state index in [1.807, 2.05) is 12.1 Å². The van der Waals surface area contributed by atoms with Gasteiger partial charge in [0.25, 0.3) is 0 Å². The van der Waals surface area contributed by atoms with Crippen molar-refractivity contribution in [3.05, 3.63) is 12.2 Å². The number of nitrogens with zero attached hydrogens (tertiary/aromatic N) is 2. The molecule has 1 saturated carbocycles. The van der Waals surface area contributed by atoms with Crippen LogP contribution in [0, 0.1) is 28.1 Å². The second kappa shape index (κ2) is 1.11. The lowest BCUT2D eigenvalue weighted by molar-refractivity contribution is 0.933. The Labute approximate surface area is 47.7 Å². The van der Waals surface area contributed by atoms with Crippen molar-refractivity contribution in [1.82, 2.24) is 0 Å². The van der Waals surface area contributed by atoms with E-state index in [-0.39, 0.29) is 0 Å². The number of allylic oxidation sites excluding steroid dienone is 1.